The van der Waals surface area contributed by atoms with Crippen LogP contribution in [0.3, 0.4) is 0 Å². The lowest BCUT2D eigenvalue weighted by Gasteiger charge is -2.19. The molecule has 0 unspecified atom stereocenters. The molecule has 1 aliphatic rings. The van der Waals surface area contributed by atoms with Crippen molar-refractivity contribution in [1.29, 1.82) is 0 Å². The van der Waals surface area contributed by atoms with Crippen LogP contribution in [0.4, 0.5) is 0 Å². The van der Waals surface area contributed by atoms with Crippen molar-refractivity contribution in [2.45, 2.75) is 20.0 Å². The van der Waals surface area contributed by atoms with E-state index in [1.54, 1.807) is 7.11 Å². The zero-order valence-corrected chi connectivity index (χ0v) is 8.27. The zero-order chi connectivity index (χ0) is 9.30. The summed E-state index contributed by atoms with van der Waals surface area (Å²) in [6.45, 7) is 3.79. The summed E-state index contributed by atoms with van der Waals surface area (Å²) >= 11 is 5.03. The Morgan fingerprint density at radius 3 is 2.58 bits per heavy atom. The minimum absolute atomic E-state index is 0.00597. The van der Waals surface area contributed by atoms with Crippen LogP contribution in [0.2, 0.25) is 0 Å². The second-order valence-electron chi connectivity index (χ2n) is 3.11. The van der Waals surface area contributed by atoms with Crippen LogP contribution in [0.5, 0.6) is 0 Å². The maximum atomic E-state index is 11.2. The molecule has 0 aromatic heterocycles. The lowest BCUT2D eigenvalue weighted by molar-refractivity contribution is -0.123. The van der Waals surface area contributed by atoms with Crippen molar-refractivity contribution in [3.8, 4) is 0 Å². The second-order valence-corrected chi connectivity index (χ2v) is 3.55. The van der Waals surface area contributed by atoms with Gasteiger partial charge >= 0.3 is 0 Å². The zero-order valence-electron chi connectivity index (χ0n) is 7.46. The summed E-state index contributed by atoms with van der Waals surface area (Å²) in [7, 11) is 1.63. The minimum atomic E-state index is -0.0625. The average Bonchev–Trinajstić information content (AvgIpc) is 2.26. The number of ether oxygens (including phenoxy) is 1. The van der Waals surface area contributed by atoms with Crippen molar-refractivity contribution in [1.82, 2.24) is 5.32 Å². The third-order valence-corrected chi connectivity index (χ3v) is 2.75. The maximum absolute atomic E-state index is 11.2. The molecule has 1 saturated heterocycles. The number of rotatable bonds is 2. The van der Waals surface area contributed by atoms with Crippen molar-refractivity contribution in [3.63, 3.8) is 0 Å². The molecule has 3 nitrogen and oxygen atoms in total. The fraction of sp³-hybridized carbons (Fsp3) is 0.750. The van der Waals surface area contributed by atoms with Crippen molar-refractivity contribution < 1.29 is 9.53 Å². The summed E-state index contributed by atoms with van der Waals surface area (Å²) in [5.41, 5.74) is 0. The van der Waals surface area contributed by atoms with Crippen molar-refractivity contribution >= 4 is 23.1 Å². The molecule has 3 atom stereocenters. The predicted octanol–water partition coefficient (Wildman–Crippen LogP) is 0.731. The molecular formula is C8H13NO2S. The number of hydrogen-bond donors (Lipinski definition) is 1. The van der Waals surface area contributed by atoms with Crippen LogP contribution >= 0.6 is 12.2 Å². The minimum Gasteiger partial charge on any atom is -0.381 e. The molecule has 1 amide bonds. The number of hydrogen-bond acceptors (Lipinski definition) is 3. The van der Waals surface area contributed by atoms with E-state index >= 15 is 0 Å². The lowest BCUT2D eigenvalue weighted by Crippen LogP contribution is -2.28. The molecule has 0 bridgehead atoms. The van der Waals surface area contributed by atoms with Gasteiger partial charge in [-0.1, -0.05) is 19.1 Å². The van der Waals surface area contributed by atoms with E-state index in [0.717, 1.165) is 0 Å². The van der Waals surface area contributed by atoms with Gasteiger partial charge in [-0.15, -0.1) is 0 Å². The molecule has 0 radical (unpaired) electrons. The molecule has 1 aliphatic heterocycles. The molecule has 1 heterocycles. The molecule has 4 heteroatoms. The summed E-state index contributed by atoms with van der Waals surface area (Å²) in [6, 6.07) is 0. The molecule has 12 heavy (non-hydrogen) atoms. The normalized spacial score (nSPS) is 31.9. The standard InChI is InChI=1S/C8H13NO2S/c1-4-6(5(2)11-3)8(12)9-7(4)10/h4-6H,1-3H3,(H,9,10,12)/t4-,5+,6+/m0/s1. The Labute approximate surface area is 77.5 Å². The number of nitrogens with one attached hydrogen (secondary N) is 1. The predicted molar refractivity (Wildman–Crippen MR) is 49.9 cm³/mol. The molecule has 0 aliphatic carbocycles. The van der Waals surface area contributed by atoms with Gasteiger partial charge in [-0.2, -0.15) is 0 Å². The largest absolute Gasteiger partial charge is 0.381 e. The Hall–Kier alpha value is -0.480. The van der Waals surface area contributed by atoms with Gasteiger partial charge in [0.1, 0.15) is 0 Å². The maximum Gasteiger partial charge on any atom is 0.228 e. The van der Waals surface area contributed by atoms with Gasteiger partial charge in [-0.25, -0.2) is 0 Å². The Kier molecular flexibility index (Phi) is 2.80. The highest BCUT2D eigenvalue weighted by Crippen LogP contribution is 2.24. The van der Waals surface area contributed by atoms with Gasteiger partial charge in [0.2, 0.25) is 5.91 Å². The van der Waals surface area contributed by atoms with Crippen LogP contribution in [-0.4, -0.2) is 24.1 Å². The number of methoxy groups -OCH3 is 1. The molecule has 1 fully saturated rings. The molecule has 0 aromatic carbocycles. The van der Waals surface area contributed by atoms with E-state index in [1.807, 2.05) is 13.8 Å². The van der Waals surface area contributed by atoms with Crippen LogP contribution in [0.25, 0.3) is 0 Å². The number of amides is 1. The van der Waals surface area contributed by atoms with E-state index in [-0.39, 0.29) is 23.8 Å². The summed E-state index contributed by atoms with van der Waals surface area (Å²) in [5.74, 6) is -0.0150. The van der Waals surface area contributed by atoms with E-state index < -0.39 is 0 Å². The van der Waals surface area contributed by atoms with Crippen LogP contribution in [0, 0.1) is 11.8 Å². The molecule has 1 N–H and O–H groups in total. The summed E-state index contributed by atoms with van der Waals surface area (Å²) in [6.07, 6.45) is 0.00597. The highest BCUT2D eigenvalue weighted by atomic mass is 32.1. The van der Waals surface area contributed by atoms with E-state index in [2.05, 4.69) is 5.32 Å². The third-order valence-electron chi connectivity index (χ3n) is 2.38. The summed E-state index contributed by atoms with van der Waals surface area (Å²) in [5, 5.41) is 2.64. The van der Waals surface area contributed by atoms with Crippen molar-refractivity contribution in [3.05, 3.63) is 0 Å². The van der Waals surface area contributed by atoms with Crippen molar-refractivity contribution in [2.75, 3.05) is 7.11 Å². The number of thiocarbonyl (C=S) groups is 1. The first-order valence-electron chi connectivity index (χ1n) is 3.95. The van der Waals surface area contributed by atoms with Crippen LogP contribution in [-0.2, 0) is 9.53 Å². The van der Waals surface area contributed by atoms with E-state index in [0.29, 0.717) is 4.99 Å². The SMILES string of the molecule is CO[C@H](C)[C@@H]1C(=S)NC(=O)[C@H]1C. The lowest BCUT2D eigenvalue weighted by atomic mass is 9.93. The Bertz CT molecular complexity index is 217. The average molecular weight is 187 g/mol. The topological polar surface area (TPSA) is 38.3 Å². The fourth-order valence-electron chi connectivity index (χ4n) is 1.48. The fourth-order valence-corrected chi connectivity index (χ4v) is 1.97. The quantitative estimate of drug-likeness (QED) is 0.648. The van der Waals surface area contributed by atoms with Gasteiger partial charge in [-0.3, -0.25) is 4.79 Å². The van der Waals surface area contributed by atoms with Crippen molar-refractivity contribution in [2.24, 2.45) is 11.8 Å². The van der Waals surface area contributed by atoms with Crippen LogP contribution in [0.15, 0.2) is 0 Å². The molecule has 0 saturated carbocycles. The first-order valence-corrected chi connectivity index (χ1v) is 4.36. The molecule has 0 spiro atoms. The van der Waals surface area contributed by atoms with Gasteiger partial charge in [0.15, 0.2) is 0 Å². The van der Waals surface area contributed by atoms with Gasteiger partial charge in [-0.05, 0) is 6.92 Å². The Balaban J connectivity index is 2.76. The monoisotopic (exact) mass is 187 g/mol. The second kappa shape index (κ2) is 3.49. The Morgan fingerprint density at radius 2 is 2.25 bits per heavy atom. The molecule has 0 aromatic rings. The first kappa shape index (κ1) is 9.61. The Morgan fingerprint density at radius 1 is 1.67 bits per heavy atom. The third kappa shape index (κ3) is 1.49. The van der Waals surface area contributed by atoms with E-state index in [1.165, 1.54) is 0 Å². The smallest absolute Gasteiger partial charge is 0.228 e. The van der Waals surface area contributed by atoms with Gasteiger partial charge in [0, 0.05) is 18.9 Å². The highest BCUT2D eigenvalue weighted by molar-refractivity contribution is 7.80. The molecule has 68 valence electrons. The van der Waals surface area contributed by atoms with E-state index in [9.17, 15) is 4.79 Å². The van der Waals surface area contributed by atoms with Gasteiger partial charge in [0.25, 0.3) is 0 Å². The van der Waals surface area contributed by atoms with Gasteiger partial charge in [0.05, 0.1) is 11.1 Å². The number of carbonyl (C=O) groups excluding carboxylic acids is 1. The van der Waals surface area contributed by atoms with Crippen LogP contribution < -0.4 is 5.32 Å². The number of carbonyl (C=O) groups is 1. The summed E-state index contributed by atoms with van der Waals surface area (Å²) in [4.78, 5) is 11.8. The summed E-state index contributed by atoms with van der Waals surface area (Å²) < 4.78 is 5.14. The van der Waals surface area contributed by atoms with E-state index in [4.69, 9.17) is 17.0 Å². The molecular weight excluding hydrogens is 174 g/mol. The first-order chi connectivity index (χ1) is 5.57. The van der Waals surface area contributed by atoms with Crippen LogP contribution in [0.1, 0.15) is 13.8 Å². The van der Waals surface area contributed by atoms with Gasteiger partial charge < -0.3 is 10.1 Å². The molecule has 1 rings (SSSR count). The highest BCUT2D eigenvalue weighted by Gasteiger charge is 2.38.